The molecule has 0 aliphatic carbocycles. The van der Waals surface area contributed by atoms with Crippen LogP contribution in [0.4, 0.5) is 4.79 Å². The van der Waals surface area contributed by atoms with E-state index < -0.39 is 5.97 Å². The molecule has 27 heavy (non-hydrogen) atoms. The van der Waals surface area contributed by atoms with Gasteiger partial charge in [-0.1, -0.05) is 18.2 Å². The Morgan fingerprint density at radius 2 is 1.59 bits per heavy atom. The van der Waals surface area contributed by atoms with Crippen LogP contribution in [-0.4, -0.2) is 37.9 Å². The first-order valence-electron chi connectivity index (χ1n) is 8.58. The highest BCUT2D eigenvalue weighted by Crippen LogP contribution is 2.27. The van der Waals surface area contributed by atoms with Gasteiger partial charge < -0.3 is 25.2 Å². The van der Waals surface area contributed by atoms with Crippen LogP contribution in [0, 0.1) is 0 Å². The number of ether oxygens (including phenoxy) is 2. The van der Waals surface area contributed by atoms with E-state index in [-0.39, 0.29) is 11.6 Å². The summed E-state index contributed by atoms with van der Waals surface area (Å²) in [7, 11) is 3.20. The largest absolute Gasteiger partial charge is 0.493 e. The van der Waals surface area contributed by atoms with E-state index in [0.717, 1.165) is 24.0 Å². The van der Waals surface area contributed by atoms with Gasteiger partial charge in [0.15, 0.2) is 11.5 Å². The molecule has 0 fully saturated rings. The van der Waals surface area contributed by atoms with Crippen LogP contribution >= 0.6 is 0 Å². The van der Waals surface area contributed by atoms with Gasteiger partial charge in [0.05, 0.1) is 19.8 Å². The first-order chi connectivity index (χ1) is 13.0. The molecule has 2 amide bonds. The fourth-order valence-electron chi connectivity index (χ4n) is 2.54. The molecule has 0 bridgehead atoms. The van der Waals surface area contributed by atoms with Crippen LogP contribution < -0.4 is 20.1 Å². The molecule has 0 aromatic heterocycles. The van der Waals surface area contributed by atoms with Crippen molar-refractivity contribution in [3.8, 4) is 11.5 Å². The third kappa shape index (κ3) is 6.22. The third-order valence-electron chi connectivity index (χ3n) is 4.03. The fraction of sp³-hybridized carbons (Fsp3) is 0.300. The lowest BCUT2D eigenvalue weighted by Gasteiger charge is -2.10. The van der Waals surface area contributed by atoms with E-state index in [2.05, 4.69) is 10.6 Å². The molecule has 0 heterocycles. The number of carbonyl (C=O) groups excluding carboxylic acids is 1. The summed E-state index contributed by atoms with van der Waals surface area (Å²) in [6.07, 6.45) is 1.59. The van der Waals surface area contributed by atoms with Crippen LogP contribution in [0.15, 0.2) is 42.5 Å². The number of aryl methyl sites for hydroxylation is 1. The number of aromatic carboxylic acids is 1. The monoisotopic (exact) mass is 372 g/mol. The average Bonchev–Trinajstić information content (AvgIpc) is 2.69. The Balaban J connectivity index is 1.69. The predicted molar refractivity (Wildman–Crippen MR) is 102 cm³/mol. The van der Waals surface area contributed by atoms with Crippen LogP contribution in [-0.2, 0) is 13.0 Å². The molecule has 0 unspecified atom stereocenters. The Morgan fingerprint density at radius 3 is 2.22 bits per heavy atom. The fourth-order valence-corrected chi connectivity index (χ4v) is 2.54. The first-order valence-corrected chi connectivity index (χ1v) is 8.58. The second kappa shape index (κ2) is 10.1. The highest BCUT2D eigenvalue weighted by atomic mass is 16.5. The summed E-state index contributed by atoms with van der Waals surface area (Å²) in [4.78, 5) is 22.6. The first kappa shape index (κ1) is 20.1. The van der Waals surface area contributed by atoms with Crippen molar-refractivity contribution in [2.24, 2.45) is 0 Å². The number of carboxylic acid groups (broad SMARTS) is 1. The van der Waals surface area contributed by atoms with Crippen molar-refractivity contribution in [3.63, 3.8) is 0 Å². The summed E-state index contributed by atoms with van der Waals surface area (Å²) in [6, 6.07) is 11.9. The lowest BCUT2D eigenvalue weighted by atomic mass is 10.1. The zero-order valence-electron chi connectivity index (χ0n) is 15.5. The van der Waals surface area contributed by atoms with Gasteiger partial charge in [-0.3, -0.25) is 0 Å². The lowest BCUT2D eigenvalue weighted by Crippen LogP contribution is -2.35. The summed E-state index contributed by atoms with van der Waals surface area (Å²) in [6.45, 7) is 0.875. The summed E-state index contributed by atoms with van der Waals surface area (Å²) >= 11 is 0. The minimum Gasteiger partial charge on any atom is -0.493 e. The van der Waals surface area contributed by atoms with Gasteiger partial charge in [-0.2, -0.15) is 0 Å². The van der Waals surface area contributed by atoms with Crippen LogP contribution in [0.5, 0.6) is 11.5 Å². The minimum absolute atomic E-state index is 0.221. The van der Waals surface area contributed by atoms with E-state index in [0.29, 0.717) is 24.6 Å². The molecule has 7 heteroatoms. The van der Waals surface area contributed by atoms with Gasteiger partial charge in [0.25, 0.3) is 0 Å². The number of hydrogen-bond donors (Lipinski definition) is 3. The number of rotatable bonds is 9. The summed E-state index contributed by atoms with van der Waals surface area (Å²) < 4.78 is 10.5. The van der Waals surface area contributed by atoms with Gasteiger partial charge in [-0.15, -0.1) is 0 Å². The molecule has 2 aromatic carbocycles. The average molecular weight is 372 g/mol. The molecule has 0 radical (unpaired) electrons. The highest BCUT2D eigenvalue weighted by molar-refractivity contribution is 5.87. The molecule has 3 N–H and O–H groups in total. The second-order valence-corrected chi connectivity index (χ2v) is 5.90. The number of hydrogen-bond acceptors (Lipinski definition) is 4. The van der Waals surface area contributed by atoms with Crippen LogP contribution in [0.25, 0.3) is 0 Å². The van der Waals surface area contributed by atoms with Crippen molar-refractivity contribution in [3.05, 3.63) is 59.2 Å². The Morgan fingerprint density at radius 1 is 0.926 bits per heavy atom. The number of amides is 2. The normalized spacial score (nSPS) is 10.1. The summed E-state index contributed by atoms with van der Waals surface area (Å²) in [5.74, 6) is 0.409. The maximum absolute atomic E-state index is 11.8. The van der Waals surface area contributed by atoms with Crippen molar-refractivity contribution < 1.29 is 24.2 Å². The van der Waals surface area contributed by atoms with Gasteiger partial charge >= 0.3 is 12.0 Å². The number of carboxylic acids is 1. The maximum atomic E-state index is 11.8. The van der Waals surface area contributed by atoms with Crippen LogP contribution in [0.3, 0.4) is 0 Å². The molecule has 0 spiro atoms. The smallest absolute Gasteiger partial charge is 0.335 e. The molecule has 0 atom stereocenters. The van der Waals surface area contributed by atoms with E-state index in [1.165, 1.54) is 12.1 Å². The van der Waals surface area contributed by atoms with Crippen molar-refractivity contribution in [2.45, 2.75) is 19.4 Å². The Bertz CT molecular complexity index is 774. The quantitative estimate of drug-likeness (QED) is 0.588. The van der Waals surface area contributed by atoms with Gasteiger partial charge in [-0.05, 0) is 48.2 Å². The number of urea groups is 1. The molecule has 2 rings (SSSR count). The van der Waals surface area contributed by atoms with Gasteiger partial charge in [0.2, 0.25) is 0 Å². The molecule has 0 aliphatic heterocycles. The van der Waals surface area contributed by atoms with E-state index in [4.69, 9.17) is 14.6 Å². The summed E-state index contributed by atoms with van der Waals surface area (Å²) in [5.41, 5.74) is 2.16. The van der Waals surface area contributed by atoms with Crippen molar-refractivity contribution in [1.29, 1.82) is 0 Å². The Hall–Kier alpha value is -3.22. The van der Waals surface area contributed by atoms with E-state index in [1.54, 1.807) is 26.4 Å². The Kier molecular flexibility index (Phi) is 7.49. The number of carbonyl (C=O) groups is 2. The highest BCUT2D eigenvalue weighted by Gasteiger charge is 2.06. The molecule has 2 aromatic rings. The van der Waals surface area contributed by atoms with E-state index >= 15 is 0 Å². The zero-order valence-corrected chi connectivity index (χ0v) is 15.5. The predicted octanol–water partition coefficient (Wildman–Crippen LogP) is 2.83. The van der Waals surface area contributed by atoms with Crippen LogP contribution in [0.2, 0.25) is 0 Å². The number of benzene rings is 2. The molecular weight excluding hydrogens is 348 g/mol. The van der Waals surface area contributed by atoms with Crippen molar-refractivity contribution in [1.82, 2.24) is 10.6 Å². The van der Waals surface area contributed by atoms with Gasteiger partial charge in [0, 0.05) is 13.1 Å². The van der Waals surface area contributed by atoms with Crippen LogP contribution in [0.1, 0.15) is 27.9 Å². The SMILES string of the molecule is COc1ccc(CCCNC(=O)NCc2ccc(C(=O)O)cc2)cc1OC. The number of methoxy groups -OCH3 is 2. The molecule has 144 valence electrons. The lowest BCUT2D eigenvalue weighted by molar-refractivity contribution is 0.0697. The standard InChI is InChI=1S/C20H24N2O5/c1-26-17-10-7-14(12-18(17)27-2)4-3-11-21-20(25)22-13-15-5-8-16(9-6-15)19(23)24/h5-10,12H,3-4,11,13H2,1-2H3,(H,23,24)(H2,21,22,25). The van der Waals surface area contributed by atoms with Gasteiger partial charge in [0.1, 0.15) is 0 Å². The van der Waals surface area contributed by atoms with Crippen molar-refractivity contribution >= 4 is 12.0 Å². The maximum Gasteiger partial charge on any atom is 0.335 e. The minimum atomic E-state index is -0.971. The number of nitrogens with one attached hydrogen (secondary N) is 2. The topological polar surface area (TPSA) is 96.9 Å². The summed E-state index contributed by atoms with van der Waals surface area (Å²) in [5, 5.41) is 14.4. The molecule has 0 aliphatic rings. The second-order valence-electron chi connectivity index (χ2n) is 5.90. The van der Waals surface area contributed by atoms with E-state index in [9.17, 15) is 9.59 Å². The zero-order chi connectivity index (χ0) is 19.6. The molecule has 7 nitrogen and oxygen atoms in total. The Labute approximate surface area is 158 Å². The van der Waals surface area contributed by atoms with Gasteiger partial charge in [-0.25, -0.2) is 9.59 Å². The molecule has 0 saturated carbocycles. The van der Waals surface area contributed by atoms with E-state index in [1.807, 2.05) is 18.2 Å². The third-order valence-corrected chi connectivity index (χ3v) is 4.03. The molecular formula is C20H24N2O5. The van der Waals surface area contributed by atoms with Crippen molar-refractivity contribution in [2.75, 3.05) is 20.8 Å². The molecule has 0 saturated heterocycles.